The van der Waals surface area contributed by atoms with Crippen molar-refractivity contribution in [3.63, 3.8) is 0 Å². The minimum Gasteiger partial charge on any atom is -0.548 e. The van der Waals surface area contributed by atoms with Gasteiger partial charge in [0.2, 0.25) is 0 Å². The largest absolute Gasteiger partial charge is 4.00 e. The zero-order valence-electron chi connectivity index (χ0n) is 20.7. The molecule has 0 aromatic carbocycles. The first-order valence-electron chi connectivity index (χ1n) is 10.1. The Balaban J connectivity index is -0.000000105. The molecule has 4 atom stereocenters. The number of carbonyl (C=O) groups is 4. The van der Waals surface area contributed by atoms with Crippen molar-refractivity contribution in [1.82, 2.24) is 0 Å². The molecule has 0 rings (SSSR count). The molecule has 0 aromatic heterocycles. The molecule has 0 saturated heterocycles. The summed E-state index contributed by atoms with van der Waals surface area (Å²) in [6, 6.07) is -3.30. The van der Waals surface area contributed by atoms with Crippen molar-refractivity contribution in [3.8, 4) is 0 Å². The Labute approximate surface area is 215 Å². The number of carboxylic acid groups (broad SMARTS) is 4. The third-order valence-electron chi connectivity index (χ3n) is 3.96. The van der Waals surface area contributed by atoms with Crippen LogP contribution in [0.5, 0.6) is 0 Å². The summed E-state index contributed by atoms with van der Waals surface area (Å²) >= 11 is 0. The smallest absolute Gasteiger partial charge is 0.548 e. The second kappa shape index (κ2) is 22.4. The molecule has 0 fully saturated rings. The van der Waals surface area contributed by atoms with Crippen molar-refractivity contribution in [3.05, 3.63) is 0 Å². The Hall–Kier alpha value is -1.40. The molecule has 0 radical (unpaired) electrons. The summed E-state index contributed by atoms with van der Waals surface area (Å²) in [4.78, 5) is 39.6. The minimum absolute atomic E-state index is 0. The molecule has 0 amide bonds. The average Bonchev–Trinajstić information content (AvgIpc) is 2.65. The molecule has 0 heterocycles. The van der Waals surface area contributed by atoms with E-state index < -0.39 is 48.0 Å². The fraction of sp³-hybridized carbons (Fsp3) is 0.800. The van der Waals surface area contributed by atoms with Gasteiger partial charge >= 0.3 is 26.2 Å². The van der Waals surface area contributed by atoms with E-state index in [4.69, 9.17) is 22.9 Å². The average molecular weight is 556 g/mol. The zero-order valence-corrected chi connectivity index (χ0v) is 23.2. The van der Waals surface area contributed by atoms with Crippen molar-refractivity contribution in [2.45, 2.75) is 79.6 Å². The first-order valence-corrected chi connectivity index (χ1v) is 10.1. The maximum absolute atomic E-state index is 9.90. The van der Waals surface area contributed by atoms with Gasteiger partial charge in [0.05, 0.1) is 23.9 Å². The predicted octanol–water partition coefficient (Wildman–Crippen LogP) is -5.12. The van der Waals surface area contributed by atoms with Gasteiger partial charge < -0.3 is 62.5 Å². The predicted molar refractivity (Wildman–Crippen MR) is 111 cm³/mol. The Morgan fingerprint density at radius 1 is 0.424 bits per heavy atom. The number of carboxylic acids is 4. The summed E-state index contributed by atoms with van der Waals surface area (Å²) in [5, 5.41) is 39.6. The van der Waals surface area contributed by atoms with Crippen molar-refractivity contribution in [2.75, 3.05) is 0 Å². The van der Waals surface area contributed by atoms with Crippen LogP contribution in [0.3, 0.4) is 0 Å². The summed E-state index contributed by atoms with van der Waals surface area (Å²) in [5.41, 5.74) is 20.4. The summed E-state index contributed by atoms with van der Waals surface area (Å²) in [6.07, 6.45) is 0. The van der Waals surface area contributed by atoms with E-state index in [9.17, 15) is 39.6 Å². The maximum atomic E-state index is 9.90. The van der Waals surface area contributed by atoms with Crippen LogP contribution in [0.1, 0.15) is 55.4 Å². The molecule has 4 unspecified atom stereocenters. The Morgan fingerprint density at radius 2 is 0.515 bits per heavy atom. The Kier molecular flexibility index (Phi) is 28.4. The number of hydrogen-bond donors (Lipinski definition) is 4. The van der Waals surface area contributed by atoms with Crippen LogP contribution < -0.4 is 43.4 Å². The molecular weight excluding hydrogens is 515 g/mol. The summed E-state index contributed by atoms with van der Waals surface area (Å²) < 4.78 is 0. The van der Waals surface area contributed by atoms with Crippen LogP contribution in [0, 0.1) is 23.7 Å². The molecule has 0 spiro atoms. The topological polar surface area (TPSA) is 265 Å². The van der Waals surface area contributed by atoms with E-state index in [-0.39, 0.29) is 49.9 Å². The van der Waals surface area contributed by atoms with Crippen molar-refractivity contribution >= 4 is 23.9 Å². The molecule has 33 heavy (non-hydrogen) atoms. The molecule has 0 aliphatic rings. The molecule has 0 bridgehead atoms. The quantitative estimate of drug-likeness (QED) is 0.219. The molecule has 192 valence electrons. The van der Waals surface area contributed by atoms with E-state index in [1.165, 1.54) is 0 Å². The van der Waals surface area contributed by atoms with Crippen LogP contribution in [0.25, 0.3) is 0 Å². The summed E-state index contributed by atoms with van der Waals surface area (Å²) in [5.74, 6) is -4.89. The maximum Gasteiger partial charge on any atom is 4.00 e. The van der Waals surface area contributed by atoms with Crippen LogP contribution in [-0.4, -0.2) is 48.0 Å². The van der Waals surface area contributed by atoms with E-state index in [0.717, 1.165) is 0 Å². The summed E-state index contributed by atoms with van der Waals surface area (Å²) in [7, 11) is 0. The molecule has 0 aliphatic carbocycles. The van der Waals surface area contributed by atoms with Crippen LogP contribution in [-0.2, 0) is 45.4 Å². The molecular formula is C20H40N4O8Zr. The first kappa shape index (κ1) is 41.8. The normalized spacial score (nSPS) is 13.6. The molecule has 0 aromatic rings. The van der Waals surface area contributed by atoms with Gasteiger partial charge in [-0.05, 0) is 23.7 Å². The third kappa shape index (κ3) is 26.7. The number of aliphatic carboxylic acids is 4. The van der Waals surface area contributed by atoms with Crippen molar-refractivity contribution in [1.29, 1.82) is 0 Å². The second-order valence-corrected chi connectivity index (χ2v) is 8.36. The molecule has 12 nitrogen and oxygen atoms in total. The Bertz CT molecular complexity index is 464. The fourth-order valence-corrected chi connectivity index (χ4v) is 1.09. The van der Waals surface area contributed by atoms with E-state index >= 15 is 0 Å². The molecule has 0 aliphatic heterocycles. The van der Waals surface area contributed by atoms with Gasteiger partial charge in [-0.2, -0.15) is 0 Å². The van der Waals surface area contributed by atoms with Gasteiger partial charge in [0.25, 0.3) is 0 Å². The monoisotopic (exact) mass is 554 g/mol. The minimum atomic E-state index is -1.18. The van der Waals surface area contributed by atoms with Gasteiger partial charge in [-0.15, -0.1) is 0 Å². The first-order chi connectivity index (χ1) is 14.2. The van der Waals surface area contributed by atoms with Gasteiger partial charge in [0.1, 0.15) is 0 Å². The van der Waals surface area contributed by atoms with Gasteiger partial charge in [0.15, 0.2) is 0 Å². The molecule has 8 N–H and O–H groups in total. The number of rotatable bonds is 8. The second-order valence-electron chi connectivity index (χ2n) is 8.36. The van der Waals surface area contributed by atoms with E-state index in [1.54, 1.807) is 55.4 Å². The van der Waals surface area contributed by atoms with E-state index in [0.29, 0.717) is 0 Å². The number of nitrogens with two attached hydrogens (primary N) is 4. The number of hydrogen-bond acceptors (Lipinski definition) is 12. The van der Waals surface area contributed by atoms with E-state index in [1.807, 2.05) is 0 Å². The van der Waals surface area contributed by atoms with Gasteiger partial charge in [0, 0.05) is 24.2 Å². The van der Waals surface area contributed by atoms with Crippen LogP contribution >= 0.6 is 0 Å². The number of carbonyl (C=O) groups excluding carboxylic acids is 4. The van der Waals surface area contributed by atoms with Crippen LogP contribution in [0.4, 0.5) is 0 Å². The van der Waals surface area contributed by atoms with Crippen LogP contribution in [0.2, 0.25) is 0 Å². The third-order valence-corrected chi connectivity index (χ3v) is 3.96. The zero-order chi connectivity index (χ0) is 26.9. The van der Waals surface area contributed by atoms with Crippen molar-refractivity contribution < 1.29 is 65.8 Å². The van der Waals surface area contributed by atoms with Crippen LogP contribution in [0.15, 0.2) is 0 Å². The summed E-state index contributed by atoms with van der Waals surface area (Å²) in [6.45, 7) is 13.9. The molecule has 0 saturated carbocycles. The fourth-order valence-electron chi connectivity index (χ4n) is 1.09. The Morgan fingerprint density at radius 3 is 0.515 bits per heavy atom. The molecule has 13 heteroatoms. The SMILES string of the molecule is CC(C)C(N)C(=O)[O-].CC(C)C(N)C(=O)[O-].CC(C)C(N)C(=O)[O-].CC(C)C(N)C(=O)[O-].[Zr+4]. The van der Waals surface area contributed by atoms with E-state index in [2.05, 4.69) is 0 Å². The van der Waals surface area contributed by atoms with Gasteiger partial charge in [-0.1, -0.05) is 55.4 Å². The van der Waals surface area contributed by atoms with Gasteiger partial charge in [-0.25, -0.2) is 0 Å². The standard InChI is InChI=1S/4C5H11NO2.Zr/c4*1-3(2)4(6)5(7)8;/h4*3-4H,6H2,1-2H3,(H,7,8);/q;;;;+4/p-4. The van der Waals surface area contributed by atoms with Crippen molar-refractivity contribution in [2.24, 2.45) is 46.6 Å². The van der Waals surface area contributed by atoms with Gasteiger partial charge in [-0.3, -0.25) is 0 Å².